The fourth-order valence-corrected chi connectivity index (χ4v) is 3.15. The molecule has 2 nitrogen and oxygen atoms in total. The van der Waals surface area contributed by atoms with Crippen LogP contribution in [0.1, 0.15) is 45.1 Å². The van der Waals surface area contributed by atoms with Crippen molar-refractivity contribution in [1.29, 1.82) is 0 Å². The van der Waals surface area contributed by atoms with E-state index in [-0.39, 0.29) is 0 Å². The highest BCUT2D eigenvalue weighted by atomic mass is 35.5. The summed E-state index contributed by atoms with van der Waals surface area (Å²) in [5.74, 6) is 0. The molecule has 1 heterocycles. The van der Waals surface area contributed by atoms with Crippen molar-refractivity contribution in [1.82, 2.24) is 5.32 Å². The summed E-state index contributed by atoms with van der Waals surface area (Å²) < 4.78 is 0. The first-order chi connectivity index (χ1) is 9.26. The fraction of sp³-hybridized carbons (Fsp3) is 0.625. The van der Waals surface area contributed by atoms with E-state index in [0.717, 1.165) is 24.5 Å². The van der Waals surface area contributed by atoms with Crippen LogP contribution in [0, 0.1) is 0 Å². The molecule has 1 N–H and O–H groups in total. The Bertz CT molecular complexity index is 406. The van der Waals surface area contributed by atoms with E-state index >= 15 is 0 Å². The zero-order valence-corrected chi connectivity index (χ0v) is 12.8. The monoisotopic (exact) mass is 280 g/mol. The minimum Gasteiger partial charge on any atom is -0.368 e. The molecular weight excluding hydrogens is 256 g/mol. The molecule has 0 radical (unpaired) electrons. The molecule has 0 bridgehead atoms. The van der Waals surface area contributed by atoms with Gasteiger partial charge in [-0.05, 0) is 56.0 Å². The van der Waals surface area contributed by atoms with E-state index in [9.17, 15) is 0 Å². The van der Waals surface area contributed by atoms with Crippen LogP contribution in [0.25, 0.3) is 0 Å². The van der Waals surface area contributed by atoms with E-state index in [1.165, 1.54) is 37.1 Å². The summed E-state index contributed by atoms with van der Waals surface area (Å²) in [6.45, 7) is 7.63. The number of halogens is 1. The van der Waals surface area contributed by atoms with E-state index < -0.39 is 0 Å². The predicted octanol–water partition coefficient (Wildman–Crippen LogP) is 4.22. The van der Waals surface area contributed by atoms with E-state index in [1.54, 1.807) is 0 Å². The molecular formula is C16H25ClN2. The second kappa shape index (κ2) is 7.16. The van der Waals surface area contributed by atoms with Gasteiger partial charge in [0.25, 0.3) is 0 Å². The minimum absolute atomic E-state index is 0.700. The number of rotatable bonds is 6. The molecule has 1 saturated heterocycles. The van der Waals surface area contributed by atoms with Gasteiger partial charge in [0.05, 0.1) is 0 Å². The number of hydrogen-bond acceptors (Lipinski definition) is 2. The molecule has 2 rings (SSSR count). The Balaban J connectivity index is 2.18. The molecule has 1 unspecified atom stereocenters. The van der Waals surface area contributed by atoms with Gasteiger partial charge in [0, 0.05) is 29.8 Å². The second-order valence-corrected chi connectivity index (χ2v) is 5.78. The van der Waals surface area contributed by atoms with Crippen molar-refractivity contribution in [3.05, 3.63) is 28.8 Å². The third-order valence-electron chi connectivity index (χ3n) is 3.94. The SMILES string of the molecule is CCCNCc1cc(Cl)ccc1N1CCCC1CC. The maximum atomic E-state index is 6.16. The van der Waals surface area contributed by atoms with Gasteiger partial charge in [-0.15, -0.1) is 0 Å². The highest BCUT2D eigenvalue weighted by Gasteiger charge is 2.24. The maximum Gasteiger partial charge on any atom is 0.0415 e. The van der Waals surface area contributed by atoms with Crippen LogP contribution in [0.3, 0.4) is 0 Å². The van der Waals surface area contributed by atoms with Crippen LogP contribution in [0.15, 0.2) is 18.2 Å². The van der Waals surface area contributed by atoms with Crippen LogP contribution in [-0.2, 0) is 6.54 Å². The number of anilines is 1. The largest absolute Gasteiger partial charge is 0.368 e. The molecule has 0 aliphatic carbocycles. The summed E-state index contributed by atoms with van der Waals surface area (Å²) in [5.41, 5.74) is 2.71. The average molecular weight is 281 g/mol. The summed E-state index contributed by atoms with van der Waals surface area (Å²) in [6, 6.07) is 7.03. The van der Waals surface area contributed by atoms with Gasteiger partial charge in [-0.1, -0.05) is 25.4 Å². The first-order valence-corrected chi connectivity index (χ1v) is 7.89. The van der Waals surface area contributed by atoms with Crippen LogP contribution in [0.4, 0.5) is 5.69 Å². The highest BCUT2D eigenvalue weighted by molar-refractivity contribution is 6.30. The lowest BCUT2D eigenvalue weighted by molar-refractivity contribution is 0.636. The van der Waals surface area contributed by atoms with Gasteiger partial charge in [-0.3, -0.25) is 0 Å². The number of hydrogen-bond donors (Lipinski definition) is 1. The Labute approximate surface area is 122 Å². The van der Waals surface area contributed by atoms with Gasteiger partial charge in [0.1, 0.15) is 0 Å². The van der Waals surface area contributed by atoms with Gasteiger partial charge in [0.15, 0.2) is 0 Å². The summed E-state index contributed by atoms with van der Waals surface area (Å²) in [7, 11) is 0. The lowest BCUT2D eigenvalue weighted by Gasteiger charge is -2.28. The van der Waals surface area contributed by atoms with Crippen molar-refractivity contribution >= 4 is 17.3 Å². The molecule has 1 aliphatic rings. The van der Waals surface area contributed by atoms with Crippen LogP contribution < -0.4 is 10.2 Å². The Morgan fingerprint density at radius 1 is 1.37 bits per heavy atom. The van der Waals surface area contributed by atoms with Gasteiger partial charge in [-0.2, -0.15) is 0 Å². The van der Waals surface area contributed by atoms with E-state index in [4.69, 9.17) is 11.6 Å². The summed E-state index contributed by atoms with van der Waals surface area (Å²) in [5, 5.41) is 4.33. The first kappa shape index (κ1) is 14.7. The summed E-state index contributed by atoms with van der Waals surface area (Å²) in [4.78, 5) is 2.57. The van der Waals surface area contributed by atoms with Crippen molar-refractivity contribution in [3.63, 3.8) is 0 Å². The average Bonchev–Trinajstić information content (AvgIpc) is 2.87. The molecule has 0 amide bonds. The van der Waals surface area contributed by atoms with Gasteiger partial charge in [-0.25, -0.2) is 0 Å². The molecule has 0 spiro atoms. The molecule has 106 valence electrons. The van der Waals surface area contributed by atoms with Crippen molar-refractivity contribution in [2.45, 2.75) is 52.1 Å². The molecule has 19 heavy (non-hydrogen) atoms. The van der Waals surface area contributed by atoms with Crippen molar-refractivity contribution in [3.8, 4) is 0 Å². The van der Waals surface area contributed by atoms with Crippen LogP contribution in [0.5, 0.6) is 0 Å². The Morgan fingerprint density at radius 3 is 2.95 bits per heavy atom. The predicted molar refractivity (Wildman–Crippen MR) is 84.1 cm³/mol. The lowest BCUT2D eigenvalue weighted by atomic mass is 10.1. The van der Waals surface area contributed by atoms with Crippen molar-refractivity contribution in [2.75, 3.05) is 18.0 Å². The number of benzene rings is 1. The quantitative estimate of drug-likeness (QED) is 0.785. The van der Waals surface area contributed by atoms with E-state index in [1.807, 2.05) is 6.07 Å². The Morgan fingerprint density at radius 2 is 2.21 bits per heavy atom. The van der Waals surface area contributed by atoms with Crippen LogP contribution >= 0.6 is 11.6 Å². The normalized spacial score (nSPS) is 19.1. The Kier molecular flexibility index (Phi) is 5.53. The second-order valence-electron chi connectivity index (χ2n) is 5.35. The van der Waals surface area contributed by atoms with Gasteiger partial charge in [0.2, 0.25) is 0 Å². The summed E-state index contributed by atoms with van der Waals surface area (Å²) in [6.07, 6.45) is 5.02. The van der Waals surface area contributed by atoms with Gasteiger partial charge >= 0.3 is 0 Å². The van der Waals surface area contributed by atoms with E-state index in [0.29, 0.717) is 6.04 Å². The molecule has 0 aromatic heterocycles. The first-order valence-electron chi connectivity index (χ1n) is 7.52. The molecule has 3 heteroatoms. The molecule has 1 aromatic rings. The van der Waals surface area contributed by atoms with Crippen LogP contribution in [-0.4, -0.2) is 19.1 Å². The molecule has 1 atom stereocenters. The zero-order valence-electron chi connectivity index (χ0n) is 12.1. The topological polar surface area (TPSA) is 15.3 Å². The number of nitrogens with zero attached hydrogens (tertiary/aromatic N) is 1. The van der Waals surface area contributed by atoms with Crippen LogP contribution in [0.2, 0.25) is 5.02 Å². The van der Waals surface area contributed by atoms with Gasteiger partial charge < -0.3 is 10.2 Å². The van der Waals surface area contributed by atoms with Crippen molar-refractivity contribution < 1.29 is 0 Å². The third kappa shape index (κ3) is 3.64. The molecule has 1 aliphatic heterocycles. The highest BCUT2D eigenvalue weighted by Crippen LogP contribution is 2.31. The van der Waals surface area contributed by atoms with E-state index in [2.05, 4.69) is 36.2 Å². The van der Waals surface area contributed by atoms with Crippen molar-refractivity contribution in [2.24, 2.45) is 0 Å². The zero-order chi connectivity index (χ0) is 13.7. The smallest absolute Gasteiger partial charge is 0.0415 e. The molecule has 0 saturated carbocycles. The fourth-order valence-electron chi connectivity index (χ4n) is 2.95. The molecule has 1 aromatic carbocycles. The summed E-state index contributed by atoms with van der Waals surface area (Å²) >= 11 is 6.16. The minimum atomic E-state index is 0.700. The maximum absolute atomic E-state index is 6.16. The molecule has 1 fully saturated rings. The Hall–Kier alpha value is -0.730. The lowest BCUT2D eigenvalue weighted by Crippen LogP contribution is -2.30. The standard InChI is InChI=1S/C16H25ClN2/c1-3-9-18-12-13-11-14(17)7-8-16(13)19-10-5-6-15(19)4-2/h7-8,11,15,18H,3-6,9-10,12H2,1-2H3. The third-order valence-corrected chi connectivity index (χ3v) is 4.18. The number of nitrogens with one attached hydrogen (secondary N) is 1.